The van der Waals surface area contributed by atoms with E-state index in [1.807, 2.05) is 45.0 Å². The number of amides is 2. The zero-order valence-corrected chi connectivity index (χ0v) is 21.3. The van der Waals surface area contributed by atoms with E-state index in [0.717, 1.165) is 22.3 Å². The van der Waals surface area contributed by atoms with E-state index < -0.39 is 11.2 Å². The molecule has 1 atom stereocenters. The second kappa shape index (κ2) is 9.73. The van der Waals surface area contributed by atoms with E-state index in [4.69, 9.17) is 10.3 Å². The maximum atomic E-state index is 12.5. The predicted octanol–water partition coefficient (Wildman–Crippen LogP) is 2.31. The van der Waals surface area contributed by atoms with Crippen molar-refractivity contribution < 1.29 is 14.1 Å². The van der Waals surface area contributed by atoms with Crippen molar-refractivity contribution in [2.75, 3.05) is 14.1 Å². The Labute approximate surface area is 210 Å². The molecule has 0 radical (unpaired) electrons. The molecule has 0 bridgehead atoms. The number of hydrogen-bond donors (Lipinski definition) is 3. The van der Waals surface area contributed by atoms with Gasteiger partial charge in [-0.1, -0.05) is 12.1 Å². The van der Waals surface area contributed by atoms with E-state index in [-0.39, 0.29) is 23.9 Å². The van der Waals surface area contributed by atoms with Crippen molar-refractivity contribution in [3.63, 3.8) is 0 Å². The molecule has 0 fully saturated rings. The number of rotatable bonds is 6. The van der Waals surface area contributed by atoms with Crippen LogP contribution in [0.25, 0.3) is 0 Å². The van der Waals surface area contributed by atoms with Gasteiger partial charge in [0.05, 0.1) is 11.5 Å². The Bertz CT molecular complexity index is 1300. The van der Waals surface area contributed by atoms with Crippen LogP contribution in [-0.2, 0) is 18.3 Å². The number of nitrogens with two attached hydrogens (primary N) is 1. The molecule has 4 N–H and O–H groups in total. The summed E-state index contributed by atoms with van der Waals surface area (Å²) in [6.45, 7) is 5.77. The Morgan fingerprint density at radius 3 is 1.92 bits per heavy atom. The lowest BCUT2D eigenvalue weighted by molar-refractivity contribution is 0.0955. The minimum atomic E-state index is -0.936. The van der Waals surface area contributed by atoms with Crippen LogP contribution in [0.1, 0.15) is 82.0 Å². The number of nitrogens with zero attached hydrogens (tertiary/aromatic N) is 2. The predicted molar refractivity (Wildman–Crippen MR) is 136 cm³/mol. The topological polar surface area (TPSA) is 132 Å². The van der Waals surface area contributed by atoms with Gasteiger partial charge in [0.2, 0.25) is 0 Å². The first-order chi connectivity index (χ1) is 17.1. The van der Waals surface area contributed by atoms with Gasteiger partial charge >= 0.3 is 5.76 Å². The average Bonchev–Trinajstić information content (AvgIpc) is 3.21. The standard InChI is InChI=1S/C27H33N5O4/c1-15(2)32-25(31-26(35)36-32)27(14-16(3)28)21-10-8-19(23(33)29-4)12-17(21)6-7-18-13-20(24(34)30-5)9-11-22(18)27/h8-13,15-16H,6-7,14,28H2,1-5H3,(H,29,33)(H,30,34)/t16-/m1/s1. The summed E-state index contributed by atoms with van der Waals surface area (Å²) in [7, 11) is 3.20. The SMILES string of the molecule is CNC(=O)c1ccc2c(c1)CCc1cc(C(=O)NC)ccc1C2(C[C@@H](C)N)c1nc(=O)on1C(C)C. The molecule has 0 unspecified atom stereocenters. The van der Waals surface area contributed by atoms with E-state index >= 15 is 0 Å². The largest absolute Gasteiger partial charge is 0.459 e. The number of fused-ring (bicyclic) bond motifs is 2. The van der Waals surface area contributed by atoms with Crippen LogP contribution >= 0.6 is 0 Å². The molecule has 2 amide bonds. The van der Waals surface area contributed by atoms with Crippen LogP contribution < -0.4 is 22.1 Å². The number of hydrogen-bond acceptors (Lipinski definition) is 6. The smallest absolute Gasteiger partial charge is 0.355 e. The Morgan fingerprint density at radius 2 is 1.50 bits per heavy atom. The van der Waals surface area contributed by atoms with E-state index in [9.17, 15) is 14.4 Å². The van der Waals surface area contributed by atoms with Crippen LogP contribution in [-0.4, -0.2) is 41.7 Å². The minimum Gasteiger partial charge on any atom is -0.355 e. The van der Waals surface area contributed by atoms with Gasteiger partial charge in [-0.2, -0.15) is 9.72 Å². The summed E-state index contributed by atoms with van der Waals surface area (Å²) in [6.07, 6.45) is 1.70. The Balaban J connectivity index is 2.13. The highest BCUT2D eigenvalue weighted by atomic mass is 16.5. The molecule has 0 aliphatic heterocycles. The quantitative estimate of drug-likeness (QED) is 0.485. The summed E-state index contributed by atoms with van der Waals surface area (Å²) in [6, 6.07) is 10.8. The lowest BCUT2D eigenvalue weighted by Crippen LogP contribution is -2.40. The van der Waals surface area contributed by atoms with Crippen LogP contribution in [0.2, 0.25) is 0 Å². The van der Waals surface area contributed by atoms with E-state index in [1.54, 1.807) is 31.0 Å². The van der Waals surface area contributed by atoms with E-state index in [0.29, 0.717) is 36.2 Å². The molecule has 9 heteroatoms. The first kappa shape index (κ1) is 25.4. The summed E-state index contributed by atoms with van der Waals surface area (Å²) >= 11 is 0. The molecule has 0 saturated carbocycles. The first-order valence-corrected chi connectivity index (χ1v) is 12.2. The lowest BCUT2D eigenvalue weighted by Gasteiger charge is -2.37. The molecule has 3 aromatic rings. The normalized spacial score (nSPS) is 15.0. The number of nitrogens with one attached hydrogen (secondary N) is 2. The first-order valence-electron chi connectivity index (χ1n) is 12.2. The fourth-order valence-corrected chi connectivity index (χ4v) is 5.37. The van der Waals surface area contributed by atoms with Crippen LogP contribution in [0.4, 0.5) is 0 Å². The number of benzene rings is 2. The van der Waals surface area contributed by atoms with Gasteiger partial charge in [0.1, 0.15) is 0 Å². The highest BCUT2D eigenvalue weighted by molar-refractivity contribution is 5.95. The van der Waals surface area contributed by atoms with Gasteiger partial charge in [0.25, 0.3) is 11.8 Å². The molecule has 4 rings (SSSR count). The number of carbonyl (C=O) groups is 2. The molecule has 2 aromatic carbocycles. The summed E-state index contributed by atoms with van der Waals surface area (Å²) in [5, 5.41) is 5.37. The van der Waals surface area contributed by atoms with Crippen molar-refractivity contribution in [2.45, 2.75) is 57.5 Å². The van der Waals surface area contributed by atoms with E-state index in [1.165, 1.54) is 0 Å². The molecular weight excluding hydrogens is 458 g/mol. The van der Waals surface area contributed by atoms with Gasteiger partial charge in [0, 0.05) is 31.3 Å². The zero-order chi connectivity index (χ0) is 26.2. The highest BCUT2D eigenvalue weighted by Crippen LogP contribution is 2.47. The van der Waals surface area contributed by atoms with Gasteiger partial charge in [-0.05, 0) is 86.6 Å². The van der Waals surface area contributed by atoms with Crippen LogP contribution in [0.5, 0.6) is 0 Å². The maximum absolute atomic E-state index is 12.5. The van der Waals surface area contributed by atoms with Gasteiger partial charge in [-0.3, -0.25) is 9.59 Å². The summed E-state index contributed by atoms with van der Waals surface area (Å²) in [5.74, 6) is -0.580. The lowest BCUT2D eigenvalue weighted by atomic mass is 9.67. The van der Waals surface area contributed by atoms with Crippen molar-refractivity contribution >= 4 is 11.8 Å². The zero-order valence-electron chi connectivity index (χ0n) is 21.3. The van der Waals surface area contributed by atoms with Crippen molar-refractivity contribution in [3.05, 3.63) is 86.2 Å². The van der Waals surface area contributed by atoms with Gasteiger partial charge in [-0.25, -0.2) is 4.79 Å². The summed E-state index contributed by atoms with van der Waals surface area (Å²) in [4.78, 5) is 41.8. The van der Waals surface area contributed by atoms with Gasteiger partial charge < -0.3 is 20.9 Å². The average molecular weight is 492 g/mol. The van der Waals surface area contributed by atoms with Gasteiger partial charge in [0.15, 0.2) is 5.82 Å². The number of carbonyl (C=O) groups excluding carboxylic acids is 2. The van der Waals surface area contributed by atoms with Gasteiger partial charge in [-0.15, -0.1) is 0 Å². The Morgan fingerprint density at radius 1 is 1.00 bits per heavy atom. The maximum Gasteiger partial charge on any atom is 0.459 e. The van der Waals surface area contributed by atoms with Crippen LogP contribution in [0.15, 0.2) is 45.7 Å². The molecule has 36 heavy (non-hydrogen) atoms. The Kier molecular flexibility index (Phi) is 6.86. The second-order valence-corrected chi connectivity index (χ2v) is 9.70. The van der Waals surface area contributed by atoms with E-state index in [2.05, 4.69) is 15.6 Å². The Hall–Kier alpha value is -3.72. The fraction of sp³-hybridized carbons (Fsp3) is 0.407. The highest BCUT2D eigenvalue weighted by Gasteiger charge is 2.46. The molecule has 9 nitrogen and oxygen atoms in total. The molecule has 1 aliphatic carbocycles. The fourth-order valence-electron chi connectivity index (χ4n) is 5.37. The monoisotopic (exact) mass is 491 g/mol. The molecular formula is C27H33N5O4. The van der Waals surface area contributed by atoms with Crippen molar-refractivity contribution in [1.82, 2.24) is 20.4 Å². The summed E-state index contributed by atoms with van der Waals surface area (Å²) < 4.78 is 7.10. The third-order valence-electron chi connectivity index (χ3n) is 6.83. The molecule has 190 valence electrons. The molecule has 0 saturated heterocycles. The second-order valence-electron chi connectivity index (χ2n) is 9.70. The number of aryl methyl sites for hydroxylation is 2. The van der Waals surface area contributed by atoms with Crippen molar-refractivity contribution in [1.29, 1.82) is 0 Å². The van der Waals surface area contributed by atoms with Crippen LogP contribution in [0, 0.1) is 0 Å². The molecule has 0 spiro atoms. The third kappa shape index (κ3) is 4.24. The van der Waals surface area contributed by atoms with Crippen LogP contribution in [0.3, 0.4) is 0 Å². The summed E-state index contributed by atoms with van der Waals surface area (Å²) in [5.41, 5.74) is 10.4. The van der Waals surface area contributed by atoms with Crippen molar-refractivity contribution in [2.24, 2.45) is 5.73 Å². The minimum absolute atomic E-state index is 0.175. The molecule has 1 heterocycles. The van der Waals surface area contributed by atoms with Crippen molar-refractivity contribution in [3.8, 4) is 0 Å². The molecule has 1 aliphatic rings. The molecule has 1 aromatic heterocycles. The number of aromatic nitrogens is 2. The third-order valence-corrected chi connectivity index (χ3v) is 6.83.